The predicted molar refractivity (Wildman–Crippen MR) is 118 cm³/mol. The minimum absolute atomic E-state index is 0.0187. The van der Waals surface area contributed by atoms with Crippen molar-refractivity contribution in [3.63, 3.8) is 0 Å². The van der Waals surface area contributed by atoms with E-state index >= 15 is 0 Å². The number of imide groups is 1. The molecule has 1 aliphatic heterocycles. The van der Waals surface area contributed by atoms with Crippen LogP contribution in [-0.4, -0.2) is 30.6 Å². The summed E-state index contributed by atoms with van der Waals surface area (Å²) in [6, 6.07) is 18.8. The SMILES string of the molecule is CCOc1cc(/C=C2/C(=O)N(c3ccccc3OC)C(=O)c3ccccc32)ccc1O. The monoisotopic (exact) mass is 415 g/mol. The summed E-state index contributed by atoms with van der Waals surface area (Å²) in [6.07, 6.45) is 1.69. The number of ether oxygens (including phenoxy) is 2. The molecule has 0 bridgehead atoms. The molecule has 2 amide bonds. The van der Waals surface area contributed by atoms with Crippen molar-refractivity contribution < 1.29 is 24.2 Å². The largest absolute Gasteiger partial charge is 0.504 e. The Bertz CT molecular complexity index is 1200. The van der Waals surface area contributed by atoms with Crippen LogP contribution in [0.25, 0.3) is 11.6 Å². The second-order valence-corrected chi connectivity index (χ2v) is 6.88. The van der Waals surface area contributed by atoms with Crippen molar-refractivity contribution in [3.8, 4) is 17.2 Å². The van der Waals surface area contributed by atoms with E-state index in [2.05, 4.69) is 0 Å². The number of anilines is 1. The minimum Gasteiger partial charge on any atom is -0.504 e. The number of para-hydroxylation sites is 2. The predicted octanol–water partition coefficient (Wildman–Crippen LogP) is 4.53. The molecule has 3 aromatic rings. The fraction of sp³-hybridized carbons (Fsp3) is 0.120. The summed E-state index contributed by atoms with van der Waals surface area (Å²) in [5, 5.41) is 9.99. The highest BCUT2D eigenvalue weighted by Crippen LogP contribution is 2.37. The molecule has 0 aromatic heterocycles. The van der Waals surface area contributed by atoms with Gasteiger partial charge in [0.1, 0.15) is 5.75 Å². The van der Waals surface area contributed by atoms with Crippen LogP contribution in [0, 0.1) is 0 Å². The number of phenolic OH excluding ortho intramolecular Hbond substituents is 1. The molecule has 6 nitrogen and oxygen atoms in total. The number of benzene rings is 3. The van der Waals surface area contributed by atoms with Gasteiger partial charge in [-0.05, 0) is 54.5 Å². The lowest BCUT2D eigenvalue weighted by Gasteiger charge is -2.29. The Hall–Kier alpha value is -4.06. The number of rotatable bonds is 5. The lowest BCUT2D eigenvalue weighted by molar-refractivity contribution is -0.112. The fourth-order valence-corrected chi connectivity index (χ4v) is 3.58. The van der Waals surface area contributed by atoms with Gasteiger partial charge in [-0.25, -0.2) is 4.90 Å². The molecule has 1 aliphatic rings. The first-order valence-corrected chi connectivity index (χ1v) is 9.84. The number of amides is 2. The third kappa shape index (κ3) is 3.64. The standard InChI is InChI=1S/C25H21NO5/c1-3-31-23-15-16(12-13-21(23)27)14-19-17-8-4-5-9-18(17)24(28)26(25(19)29)20-10-6-7-11-22(20)30-2/h4-15,27H,3H2,1-2H3/b19-14+. The Morgan fingerprint density at radius 2 is 1.61 bits per heavy atom. The van der Waals surface area contributed by atoms with Gasteiger partial charge >= 0.3 is 0 Å². The first-order valence-electron chi connectivity index (χ1n) is 9.84. The van der Waals surface area contributed by atoms with Gasteiger partial charge in [0.15, 0.2) is 11.5 Å². The molecular weight excluding hydrogens is 394 g/mol. The van der Waals surface area contributed by atoms with Gasteiger partial charge < -0.3 is 14.6 Å². The van der Waals surface area contributed by atoms with Crippen LogP contribution < -0.4 is 14.4 Å². The molecule has 0 aliphatic carbocycles. The summed E-state index contributed by atoms with van der Waals surface area (Å²) < 4.78 is 10.8. The Balaban J connectivity index is 1.89. The molecule has 0 saturated carbocycles. The summed E-state index contributed by atoms with van der Waals surface area (Å²) in [5.41, 5.74) is 2.36. The van der Waals surface area contributed by atoms with E-state index in [9.17, 15) is 14.7 Å². The van der Waals surface area contributed by atoms with E-state index in [1.54, 1.807) is 66.7 Å². The van der Waals surface area contributed by atoms with Crippen molar-refractivity contribution in [1.29, 1.82) is 0 Å². The smallest absolute Gasteiger partial charge is 0.266 e. The van der Waals surface area contributed by atoms with Gasteiger partial charge in [0.05, 0.1) is 19.4 Å². The van der Waals surface area contributed by atoms with Crippen LogP contribution in [0.1, 0.15) is 28.4 Å². The summed E-state index contributed by atoms with van der Waals surface area (Å²) >= 11 is 0. The normalized spacial score (nSPS) is 14.5. The Kier molecular flexibility index (Phi) is 5.45. The molecule has 1 N–H and O–H groups in total. The molecule has 0 radical (unpaired) electrons. The number of nitrogens with zero attached hydrogens (tertiary/aromatic N) is 1. The highest BCUT2D eigenvalue weighted by molar-refractivity contribution is 6.43. The van der Waals surface area contributed by atoms with Crippen LogP contribution in [0.3, 0.4) is 0 Å². The van der Waals surface area contributed by atoms with E-state index in [1.807, 2.05) is 6.92 Å². The lowest BCUT2D eigenvalue weighted by atomic mass is 9.91. The maximum atomic E-state index is 13.5. The number of methoxy groups -OCH3 is 1. The summed E-state index contributed by atoms with van der Waals surface area (Å²) in [6.45, 7) is 2.22. The van der Waals surface area contributed by atoms with E-state index in [0.29, 0.717) is 46.1 Å². The first kappa shape index (κ1) is 20.2. The van der Waals surface area contributed by atoms with Crippen molar-refractivity contribution in [2.45, 2.75) is 6.92 Å². The van der Waals surface area contributed by atoms with E-state index in [4.69, 9.17) is 9.47 Å². The number of aromatic hydroxyl groups is 1. The zero-order chi connectivity index (χ0) is 22.0. The zero-order valence-corrected chi connectivity index (χ0v) is 17.2. The average molecular weight is 415 g/mol. The molecule has 1 heterocycles. The molecule has 0 atom stereocenters. The van der Waals surface area contributed by atoms with Gasteiger partial charge in [-0.2, -0.15) is 0 Å². The van der Waals surface area contributed by atoms with Gasteiger partial charge in [-0.15, -0.1) is 0 Å². The number of fused-ring (bicyclic) bond motifs is 1. The number of carbonyl (C=O) groups is 2. The third-order valence-corrected chi connectivity index (χ3v) is 5.01. The average Bonchev–Trinajstić information content (AvgIpc) is 2.79. The highest BCUT2D eigenvalue weighted by Gasteiger charge is 2.37. The van der Waals surface area contributed by atoms with Crippen LogP contribution in [0.5, 0.6) is 17.2 Å². The molecule has 31 heavy (non-hydrogen) atoms. The van der Waals surface area contributed by atoms with E-state index < -0.39 is 11.8 Å². The third-order valence-electron chi connectivity index (χ3n) is 5.01. The van der Waals surface area contributed by atoms with Gasteiger partial charge in [0.25, 0.3) is 11.8 Å². The maximum absolute atomic E-state index is 13.5. The molecular formula is C25H21NO5. The second kappa shape index (κ2) is 8.36. The molecule has 0 fully saturated rings. The Morgan fingerprint density at radius 1 is 0.903 bits per heavy atom. The van der Waals surface area contributed by atoms with Crippen molar-refractivity contribution in [2.24, 2.45) is 0 Å². The topological polar surface area (TPSA) is 76.1 Å². The summed E-state index contributed by atoms with van der Waals surface area (Å²) in [5.74, 6) is -0.107. The molecule has 0 spiro atoms. The van der Waals surface area contributed by atoms with Gasteiger partial charge in [0.2, 0.25) is 0 Å². The second-order valence-electron chi connectivity index (χ2n) is 6.88. The van der Waals surface area contributed by atoms with Crippen LogP contribution in [-0.2, 0) is 4.79 Å². The highest BCUT2D eigenvalue weighted by atomic mass is 16.5. The van der Waals surface area contributed by atoms with Crippen molar-refractivity contribution in [3.05, 3.63) is 83.4 Å². The van der Waals surface area contributed by atoms with Gasteiger partial charge in [-0.3, -0.25) is 9.59 Å². The quantitative estimate of drug-likeness (QED) is 0.490. The lowest BCUT2D eigenvalue weighted by Crippen LogP contribution is -2.42. The zero-order valence-electron chi connectivity index (χ0n) is 17.2. The number of hydrogen-bond donors (Lipinski definition) is 1. The van der Waals surface area contributed by atoms with Crippen LogP contribution in [0.15, 0.2) is 66.7 Å². The first-order chi connectivity index (χ1) is 15.0. The maximum Gasteiger partial charge on any atom is 0.266 e. The summed E-state index contributed by atoms with van der Waals surface area (Å²) in [7, 11) is 1.49. The van der Waals surface area contributed by atoms with Crippen molar-refractivity contribution in [1.82, 2.24) is 0 Å². The summed E-state index contributed by atoms with van der Waals surface area (Å²) in [4.78, 5) is 27.9. The van der Waals surface area contributed by atoms with Crippen LogP contribution in [0.4, 0.5) is 5.69 Å². The van der Waals surface area contributed by atoms with Gasteiger partial charge in [0, 0.05) is 11.1 Å². The number of carbonyl (C=O) groups excluding carboxylic acids is 2. The van der Waals surface area contributed by atoms with Crippen LogP contribution >= 0.6 is 0 Å². The molecule has 4 rings (SSSR count). The van der Waals surface area contributed by atoms with Crippen molar-refractivity contribution >= 4 is 29.2 Å². The van der Waals surface area contributed by atoms with Gasteiger partial charge in [-0.1, -0.05) is 36.4 Å². The molecule has 6 heteroatoms. The molecule has 3 aromatic carbocycles. The van der Waals surface area contributed by atoms with Crippen LogP contribution in [0.2, 0.25) is 0 Å². The van der Waals surface area contributed by atoms with Crippen molar-refractivity contribution in [2.75, 3.05) is 18.6 Å². The number of hydrogen-bond acceptors (Lipinski definition) is 5. The number of phenols is 1. The molecule has 0 saturated heterocycles. The Labute approximate surface area is 180 Å². The molecule has 0 unspecified atom stereocenters. The van der Waals surface area contributed by atoms with E-state index in [0.717, 1.165) is 4.90 Å². The molecule has 156 valence electrons. The van der Waals surface area contributed by atoms with E-state index in [1.165, 1.54) is 13.2 Å². The van der Waals surface area contributed by atoms with E-state index in [-0.39, 0.29) is 5.75 Å². The Morgan fingerprint density at radius 3 is 2.35 bits per heavy atom. The fourth-order valence-electron chi connectivity index (χ4n) is 3.58. The minimum atomic E-state index is -0.459.